The van der Waals surface area contributed by atoms with Gasteiger partial charge in [0.1, 0.15) is 0 Å². The highest BCUT2D eigenvalue weighted by Crippen LogP contribution is 2.26. The van der Waals surface area contributed by atoms with E-state index in [4.69, 9.17) is 9.47 Å². The molecule has 0 unspecified atom stereocenters. The summed E-state index contributed by atoms with van der Waals surface area (Å²) in [4.78, 5) is 24.0. The van der Waals surface area contributed by atoms with Crippen molar-refractivity contribution >= 4 is 11.9 Å². The van der Waals surface area contributed by atoms with Gasteiger partial charge in [-0.3, -0.25) is 0 Å². The third-order valence-electron chi connectivity index (χ3n) is 4.13. The van der Waals surface area contributed by atoms with E-state index in [1.54, 1.807) is 31.2 Å². The summed E-state index contributed by atoms with van der Waals surface area (Å²) < 4.78 is 10.3. The van der Waals surface area contributed by atoms with Crippen molar-refractivity contribution < 1.29 is 19.1 Å². The number of carbonyl (C=O) groups is 2. The number of esters is 2. The van der Waals surface area contributed by atoms with Gasteiger partial charge in [0.2, 0.25) is 0 Å². The molecule has 0 aliphatic heterocycles. The molecule has 22 heavy (non-hydrogen) atoms. The first-order chi connectivity index (χ1) is 10.7. The van der Waals surface area contributed by atoms with Crippen LogP contribution in [0.4, 0.5) is 0 Å². The minimum absolute atomic E-state index is 0.270. The molecule has 0 bridgehead atoms. The molecule has 120 valence electrons. The fourth-order valence-electron chi connectivity index (χ4n) is 2.92. The Bertz CT molecular complexity index is 504. The SMILES string of the molecule is CCOC(=O)c1ccccc1C(=O)OCCC1CCCCC1. The highest BCUT2D eigenvalue weighted by molar-refractivity contribution is 6.03. The van der Waals surface area contributed by atoms with Crippen LogP contribution in [-0.2, 0) is 9.47 Å². The lowest BCUT2D eigenvalue weighted by atomic mass is 9.87. The van der Waals surface area contributed by atoms with Crippen LogP contribution >= 0.6 is 0 Å². The molecular formula is C18H24O4. The topological polar surface area (TPSA) is 52.6 Å². The van der Waals surface area contributed by atoms with E-state index >= 15 is 0 Å². The van der Waals surface area contributed by atoms with E-state index in [9.17, 15) is 9.59 Å². The van der Waals surface area contributed by atoms with Crippen LogP contribution in [0.2, 0.25) is 0 Å². The molecule has 1 aromatic carbocycles. The lowest BCUT2D eigenvalue weighted by Gasteiger charge is -2.21. The number of benzene rings is 1. The van der Waals surface area contributed by atoms with Crippen LogP contribution in [0.1, 0.15) is 66.2 Å². The highest BCUT2D eigenvalue weighted by atomic mass is 16.5. The van der Waals surface area contributed by atoms with Crippen molar-refractivity contribution in [2.75, 3.05) is 13.2 Å². The third kappa shape index (κ3) is 4.58. The molecule has 0 spiro atoms. The molecule has 0 heterocycles. The molecule has 0 amide bonds. The second-order valence-corrected chi connectivity index (χ2v) is 5.69. The predicted molar refractivity (Wildman–Crippen MR) is 83.9 cm³/mol. The molecular weight excluding hydrogens is 280 g/mol. The van der Waals surface area contributed by atoms with Crippen molar-refractivity contribution in [3.8, 4) is 0 Å². The van der Waals surface area contributed by atoms with Crippen LogP contribution in [-0.4, -0.2) is 25.2 Å². The molecule has 4 nitrogen and oxygen atoms in total. The smallest absolute Gasteiger partial charge is 0.339 e. The second-order valence-electron chi connectivity index (χ2n) is 5.69. The number of rotatable bonds is 6. The molecule has 0 saturated heterocycles. The fourth-order valence-corrected chi connectivity index (χ4v) is 2.92. The quantitative estimate of drug-likeness (QED) is 0.746. The van der Waals surface area contributed by atoms with Gasteiger partial charge in [-0.15, -0.1) is 0 Å². The minimum Gasteiger partial charge on any atom is -0.462 e. The molecule has 1 saturated carbocycles. The first-order valence-corrected chi connectivity index (χ1v) is 8.15. The highest BCUT2D eigenvalue weighted by Gasteiger charge is 2.19. The molecule has 1 fully saturated rings. The lowest BCUT2D eigenvalue weighted by molar-refractivity contribution is 0.0446. The average Bonchev–Trinajstić information content (AvgIpc) is 2.56. The Kier molecular flexibility index (Phi) is 6.44. The average molecular weight is 304 g/mol. The number of hydrogen-bond donors (Lipinski definition) is 0. The molecule has 1 aliphatic carbocycles. The van der Waals surface area contributed by atoms with Gasteiger partial charge in [0.25, 0.3) is 0 Å². The van der Waals surface area contributed by atoms with Gasteiger partial charge in [0.05, 0.1) is 24.3 Å². The van der Waals surface area contributed by atoms with Crippen LogP contribution in [0.3, 0.4) is 0 Å². The number of ether oxygens (including phenoxy) is 2. The Morgan fingerprint density at radius 1 is 1.00 bits per heavy atom. The van der Waals surface area contributed by atoms with Crippen LogP contribution in [0, 0.1) is 5.92 Å². The second kappa shape index (κ2) is 8.57. The standard InChI is InChI=1S/C18H24O4/c1-2-21-17(19)15-10-6-7-11-16(15)18(20)22-13-12-14-8-4-3-5-9-14/h6-7,10-11,14H,2-5,8-9,12-13H2,1H3. The van der Waals surface area contributed by atoms with E-state index in [0.717, 1.165) is 6.42 Å². The minimum atomic E-state index is -0.484. The van der Waals surface area contributed by atoms with E-state index in [1.807, 2.05) is 0 Å². The molecule has 2 rings (SSSR count). The maximum Gasteiger partial charge on any atom is 0.339 e. The maximum absolute atomic E-state index is 12.2. The molecule has 0 N–H and O–H groups in total. The van der Waals surface area contributed by atoms with Gasteiger partial charge in [0, 0.05) is 0 Å². The molecule has 0 aromatic heterocycles. The van der Waals surface area contributed by atoms with E-state index < -0.39 is 11.9 Å². The van der Waals surface area contributed by atoms with E-state index in [1.165, 1.54) is 32.1 Å². The van der Waals surface area contributed by atoms with Gasteiger partial charge in [-0.25, -0.2) is 9.59 Å². The first kappa shape index (κ1) is 16.5. The summed E-state index contributed by atoms with van der Waals surface area (Å²) in [6.45, 7) is 2.44. The van der Waals surface area contributed by atoms with Crippen molar-refractivity contribution in [1.82, 2.24) is 0 Å². The van der Waals surface area contributed by atoms with Crippen LogP contribution < -0.4 is 0 Å². The fraction of sp³-hybridized carbons (Fsp3) is 0.556. The summed E-state index contributed by atoms with van der Waals surface area (Å²) in [7, 11) is 0. The Hall–Kier alpha value is -1.84. The normalized spacial score (nSPS) is 15.3. The molecule has 0 atom stereocenters. The van der Waals surface area contributed by atoms with Crippen molar-refractivity contribution in [2.24, 2.45) is 5.92 Å². The zero-order valence-corrected chi connectivity index (χ0v) is 13.2. The zero-order valence-electron chi connectivity index (χ0n) is 13.2. The van der Waals surface area contributed by atoms with Crippen molar-refractivity contribution in [3.63, 3.8) is 0 Å². The predicted octanol–water partition coefficient (Wildman–Crippen LogP) is 3.99. The largest absolute Gasteiger partial charge is 0.462 e. The summed E-state index contributed by atoms with van der Waals surface area (Å²) in [5.41, 5.74) is 0.552. The summed E-state index contributed by atoms with van der Waals surface area (Å²) >= 11 is 0. The number of hydrogen-bond acceptors (Lipinski definition) is 4. The molecule has 0 radical (unpaired) electrons. The van der Waals surface area contributed by atoms with Crippen LogP contribution in [0.25, 0.3) is 0 Å². The summed E-state index contributed by atoms with van der Waals surface area (Å²) in [5, 5.41) is 0. The number of carbonyl (C=O) groups excluding carboxylic acids is 2. The third-order valence-corrected chi connectivity index (χ3v) is 4.13. The Balaban J connectivity index is 1.90. The van der Waals surface area contributed by atoms with E-state index in [0.29, 0.717) is 12.5 Å². The maximum atomic E-state index is 12.2. The Labute approximate surface area is 131 Å². The van der Waals surface area contributed by atoms with Crippen LogP contribution in [0.5, 0.6) is 0 Å². The van der Waals surface area contributed by atoms with Gasteiger partial charge in [-0.1, -0.05) is 44.2 Å². The van der Waals surface area contributed by atoms with E-state index in [-0.39, 0.29) is 17.7 Å². The van der Waals surface area contributed by atoms with Gasteiger partial charge in [-0.2, -0.15) is 0 Å². The molecule has 1 aromatic rings. The summed E-state index contributed by atoms with van der Waals surface area (Å²) in [6.07, 6.45) is 7.26. The van der Waals surface area contributed by atoms with Crippen molar-refractivity contribution in [1.29, 1.82) is 0 Å². The van der Waals surface area contributed by atoms with Gasteiger partial charge in [-0.05, 0) is 31.4 Å². The summed E-state index contributed by atoms with van der Waals surface area (Å²) in [5.74, 6) is -0.261. The Morgan fingerprint density at radius 2 is 1.59 bits per heavy atom. The monoisotopic (exact) mass is 304 g/mol. The van der Waals surface area contributed by atoms with Gasteiger partial charge >= 0.3 is 11.9 Å². The van der Waals surface area contributed by atoms with Crippen LogP contribution in [0.15, 0.2) is 24.3 Å². The molecule has 4 heteroatoms. The van der Waals surface area contributed by atoms with Crippen molar-refractivity contribution in [3.05, 3.63) is 35.4 Å². The Morgan fingerprint density at radius 3 is 2.18 bits per heavy atom. The summed E-state index contributed by atoms with van der Waals surface area (Å²) in [6, 6.07) is 6.64. The molecule has 1 aliphatic rings. The van der Waals surface area contributed by atoms with Gasteiger partial charge < -0.3 is 9.47 Å². The lowest BCUT2D eigenvalue weighted by Crippen LogP contribution is -2.16. The zero-order chi connectivity index (χ0) is 15.8. The van der Waals surface area contributed by atoms with Gasteiger partial charge in [0.15, 0.2) is 0 Å². The first-order valence-electron chi connectivity index (χ1n) is 8.15. The van der Waals surface area contributed by atoms with E-state index in [2.05, 4.69) is 0 Å². The van der Waals surface area contributed by atoms with Crippen molar-refractivity contribution in [2.45, 2.75) is 45.4 Å².